The van der Waals surface area contributed by atoms with Crippen LogP contribution in [0.1, 0.15) is 28.4 Å². The van der Waals surface area contributed by atoms with Crippen molar-refractivity contribution in [2.75, 3.05) is 32.8 Å². The molecule has 2 aromatic carbocycles. The number of amides is 2. The van der Waals surface area contributed by atoms with Crippen molar-refractivity contribution >= 4 is 11.8 Å². The molecule has 0 saturated carbocycles. The van der Waals surface area contributed by atoms with E-state index in [-0.39, 0.29) is 44.3 Å². The molecule has 1 aliphatic heterocycles. The summed E-state index contributed by atoms with van der Waals surface area (Å²) in [5.74, 6) is -0.238. The summed E-state index contributed by atoms with van der Waals surface area (Å²) in [6.45, 7) is 2.71. The van der Waals surface area contributed by atoms with Crippen LogP contribution in [-0.2, 0) is 17.4 Å². The summed E-state index contributed by atoms with van der Waals surface area (Å²) in [5.41, 5.74) is -0.315. The van der Waals surface area contributed by atoms with Gasteiger partial charge in [-0.2, -0.15) is 13.2 Å². The number of halogens is 3. The van der Waals surface area contributed by atoms with Crippen molar-refractivity contribution in [2.45, 2.75) is 19.5 Å². The minimum atomic E-state index is -4.60. The van der Waals surface area contributed by atoms with E-state index in [2.05, 4.69) is 0 Å². The molecule has 0 atom stereocenters. The lowest BCUT2D eigenvalue weighted by atomic mass is 10.1. The normalized spacial score (nSPS) is 14.5. The number of hydrogen-bond acceptors (Lipinski definition) is 3. The van der Waals surface area contributed by atoms with Gasteiger partial charge in [0.1, 0.15) is 5.75 Å². The lowest BCUT2D eigenvalue weighted by molar-refractivity contribution is -0.138. The zero-order valence-corrected chi connectivity index (χ0v) is 16.6. The van der Waals surface area contributed by atoms with Crippen molar-refractivity contribution in [2.24, 2.45) is 0 Å². The number of hydrogen-bond donors (Lipinski definition) is 0. The molecule has 0 aromatic heterocycles. The number of carbonyl (C=O) groups excluding carboxylic acids is 2. The molecule has 0 aliphatic carbocycles. The van der Waals surface area contributed by atoms with Crippen LogP contribution >= 0.6 is 0 Å². The van der Waals surface area contributed by atoms with Crippen molar-refractivity contribution in [1.29, 1.82) is 0 Å². The fourth-order valence-electron chi connectivity index (χ4n) is 3.41. The van der Waals surface area contributed by atoms with E-state index in [9.17, 15) is 22.8 Å². The van der Waals surface area contributed by atoms with Crippen LogP contribution in [0.3, 0.4) is 0 Å². The monoisotopic (exact) mass is 420 g/mol. The SMILES string of the molecule is CCc1ccccc1OCC(=O)N1CCN(C(=O)c2ccccc2C(F)(F)F)CC1. The molecule has 3 rings (SSSR count). The summed E-state index contributed by atoms with van der Waals surface area (Å²) in [4.78, 5) is 28.0. The second-order valence-electron chi connectivity index (χ2n) is 6.97. The minimum Gasteiger partial charge on any atom is -0.483 e. The first-order valence-electron chi connectivity index (χ1n) is 9.75. The van der Waals surface area contributed by atoms with E-state index >= 15 is 0 Å². The standard InChI is InChI=1S/C22H23F3N2O3/c1-2-16-7-3-6-10-19(16)30-15-20(28)26-11-13-27(14-12-26)21(29)17-8-4-5-9-18(17)22(23,24)25/h3-10H,2,11-15H2,1H3. The molecule has 5 nitrogen and oxygen atoms in total. The molecule has 1 aliphatic rings. The molecule has 1 heterocycles. The molecule has 0 N–H and O–H groups in total. The summed E-state index contributed by atoms with van der Waals surface area (Å²) in [6, 6.07) is 12.2. The highest BCUT2D eigenvalue weighted by molar-refractivity contribution is 5.96. The summed E-state index contributed by atoms with van der Waals surface area (Å²) in [5, 5.41) is 0. The van der Waals surface area contributed by atoms with Gasteiger partial charge in [-0.1, -0.05) is 37.3 Å². The molecule has 0 radical (unpaired) electrons. The summed E-state index contributed by atoms with van der Waals surface area (Å²) >= 11 is 0. The molecule has 0 bridgehead atoms. The Bertz CT molecular complexity index is 906. The molecular formula is C22H23F3N2O3. The van der Waals surface area contributed by atoms with Crippen molar-refractivity contribution < 1.29 is 27.5 Å². The van der Waals surface area contributed by atoms with Crippen LogP contribution in [0.25, 0.3) is 0 Å². The fraction of sp³-hybridized carbons (Fsp3) is 0.364. The van der Waals surface area contributed by atoms with E-state index in [0.717, 1.165) is 18.1 Å². The molecule has 160 valence electrons. The third kappa shape index (κ3) is 4.93. The summed E-state index contributed by atoms with van der Waals surface area (Å²) in [6.07, 6.45) is -3.82. The first kappa shape index (κ1) is 21.7. The highest BCUT2D eigenvalue weighted by Gasteiger charge is 2.36. The van der Waals surface area contributed by atoms with Crippen molar-refractivity contribution in [3.05, 3.63) is 65.2 Å². The number of nitrogens with zero attached hydrogens (tertiary/aromatic N) is 2. The zero-order chi connectivity index (χ0) is 21.7. The maximum Gasteiger partial charge on any atom is 0.417 e. The van der Waals surface area contributed by atoms with Gasteiger partial charge in [-0.25, -0.2) is 0 Å². The van der Waals surface area contributed by atoms with Crippen LogP contribution in [0.2, 0.25) is 0 Å². The molecule has 2 amide bonds. The quantitative estimate of drug-likeness (QED) is 0.742. The highest BCUT2D eigenvalue weighted by Crippen LogP contribution is 2.32. The van der Waals surface area contributed by atoms with Gasteiger partial charge in [0.05, 0.1) is 11.1 Å². The van der Waals surface area contributed by atoms with Gasteiger partial charge in [-0.15, -0.1) is 0 Å². The maximum absolute atomic E-state index is 13.2. The number of aryl methyl sites for hydroxylation is 1. The van der Waals surface area contributed by atoms with Gasteiger partial charge in [0, 0.05) is 26.2 Å². The smallest absolute Gasteiger partial charge is 0.417 e. The molecule has 2 aromatic rings. The van der Waals surface area contributed by atoms with Gasteiger partial charge in [0.2, 0.25) is 0 Å². The first-order chi connectivity index (χ1) is 14.3. The summed E-state index contributed by atoms with van der Waals surface area (Å²) < 4.78 is 45.2. The molecular weight excluding hydrogens is 397 g/mol. The molecule has 8 heteroatoms. The first-order valence-corrected chi connectivity index (χ1v) is 9.75. The van der Waals surface area contributed by atoms with E-state index in [1.807, 2.05) is 25.1 Å². The van der Waals surface area contributed by atoms with Crippen molar-refractivity contribution in [3.63, 3.8) is 0 Å². The number of para-hydroxylation sites is 1. The Morgan fingerprint density at radius 3 is 2.20 bits per heavy atom. The molecule has 1 saturated heterocycles. The molecule has 0 spiro atoms. The molecule has 30 heavy (non-hydrogen) atoms. The maximum atomic E-state index is 13.2. The summed E-state index contributed by atoms with van der Waals surface area (Å²) in [7, 11) is 0. The number of rotatable bonds is 5. The number of ether oxygens (including phenoxy) is 1. The number of carbonyl (C=O) groups is 2. The van der Waals surface area contributed by atoms with Crippen LogP contribution in [0.5, 0.6) is 5.75 Å². The Hall–Kier alpha value is -3.03. The lowest BCUT2D eigenvalue weighted by Gasteiger charge is -2.35. The van der Waals surface area contributed by atoms with E-state index in [0.29, 0.717) is 5.75 Å². The van der Waals surface area contributed by atoms with Gasteiger partial charge in [0.25, 0.3) is 11.8 Å². The minimum absolute atomic E-state index is 0.123. The van der Waals surface area contributed by atoms with E-state index < -0.39 is 17.6 Å². The van der Waals surface area contributed by atoms with Gasteiger partial charge < -0.3 is 14.5 Å². The van der Waals surface area contributed by atoms with Crippen LogP contribution in [0, 0.1) is 0 Å². The van der Waals surface area contributed by atoms with Crippen LogP contribution in [-0.4, -0.2) is 54.4 Å². The predicted molar refractivity (Wildman–Crippen MR) is 105 cm³/mol. The average Bonchev–Trinajstić information content (AvgIpc) is 2.76. The largest absolute Gasteiger partial charge is 0.483 e. The van der Waals surface area contributed by atoms with Gasteiger partial charge in [-0.05, 0) is 30.2 Å². The second-order valence-corrected chi connectivity index (χ2v) is 6.97. The molecule has 0 unspecified atom stereocenters. The lowest BCUT2D eigenvalue weighted by Crippen LogP contribution is -2.51. The Kier molecular flexibility index (Phi) is 6.64. The average molecular weight is 420 g/mol. The fourth-order valence-corrected chi connectivity index (χ4v) is 3.41. The number of piperazine rings is 1. The highest BCUT2D eigenvalue weighted by atomic mass is 19.4. The predicted octanol–water partition coefficient (Wildman–Crippen LogP) is 3.63. The second kappa shape index (κ2) is 9.19. The third-order valence-corrected chi connectivity index (χ3v) is 5.09. The topological polar surface area (TPSA) is 49.9 Å². The Labute approximate surface area is 173 Å². The number of benzene rings is 2. The zero-order valence-electron chi connectivity index (χ0n) is 16.6. The van der Waals surface area contributed by atoms with Gasteiger partial charge in [0.15, 0.2) is 6.61 Å². The van der Waals surface area contributed by atoms with E-state index in [1.165, 1.54) is 23.1 Å². The van der Waals surface area contributed by atoms with E-state index in [4.69, 9.17) is 4.74 Å². The van der Waals surface area contributed by atoms with Crippen LogP contribution in [0.4, 0.5) is 13.2 Å². The van der Waals surface area contributed by atoms with Crippen LogP contribution < -0.4 is 4.74 Å². The Balaban J connectivity index is 1.57. The van der Waals surface area contributed by atoms with Crippen LogP contribution in [0.15, 0.2) is 48.5 Å². The molecule has 1 fully saturated rings. The number of alkyl halides is 3. The van der Waals surface area contributed by atoms with Crippen molar-refractivity contribution in [1.82, 2.24) is 9.80 Å². The van der Waals surface area contributed by atoms with Gasteiger partial charge >= 0.3 is 6.18 Å². The third-order valence-electron chi connectivity index (χ3n) is 5.09. The van der Waals surface area contributed by atoms with Crippen molar-refractivity contribution in [3.8, 4) is 5.75 Å². The van der Waals surface area contributed by atoms with E-state index in [1.54, 1.807) is 11.0 Å². The Morgan fingerprint density at radius 2 is 1.53 bits per heavy atom. The Morgan fingerprint density at radius 1 is 0.933 bits per heavy atom. The van der Waals surface area contributed by atoms with Gasteiger partial charge in [-0.3, -0.25) is 9.59 Å².